The highest BCUT2D eigenvalue weighted by Gasteiger charge is 2.47. The molecule has 2 aromatic carbocycles. The summed E-state index contributed by atoms with van der Waals surface area (Å²) in [6.45, 7) is 1.54. The molecule has 0 bridgehead atoms. The third kappa shape index (κ3) is 5.02. The maximum Gasteiger partial charge on any atom is 0.490 e. The molecule has 3 aliphatic heterocycles. The lowest BCUT2D eigenvalue weighted by molar-refractivity contribution is -0.192. The Hall–Kier alpha value is -4.45. The molecule has 1 aromatic heterocycles. The maximum atomic E-state index is 14.4. The van der Waals surface area contributed by atoms with Crippen molar-refractivity contribution in [1.82, 2.24) is 4.98 Å². The van der Waals surface area contributed by atoms with Gasteiger partial charge in [0.25, 0.3) is 6.02 Å². The Bertz CT molecular complexity index is 1500. The van der Waals surface area contributed by atoms with Gasteiger partial charge >= 0.3 is 12.1 Å². The van der Waals surface area contributed by atoms with E-state index in [9.17, 15) is 17.6 Å². The predicted molar refractivity (Wildman–Crippen MR) is 132 cm³/mol. The molecule has 202 valence electrons. The number of benzene rings is 2. The van der Waals surface area contributed by atoms with E-state index >= 15 is 0 Å². The molecule has 0 radical (unpaired) electrons. The van der Waals surface area contributed by atoms with Crippen molar-refractivity contribution in [2.75, 3.05) is 19.8 Å². The molecule has 0 fully saturated rings. The summed E-state index contributed by atoms with van der Waals surface area (Å²) >= 11 is 0. The number of rotatable bonds is 2. The number of fused-ring (bicyclic) bond motifs is 4. The molecule has 6 rings (SSSR count). The summed E-state index contributed by atoms with van der Waals surface area (Å²) in [6.07, 6.45) is -0.711. The summed E-state index contributed by atoms with van der Waals surface area (Å²) in [7, 11) is 0. The molecule has 4 heterocycles. The third-order valence-electron chi connectivity index (χ3n) is 6.45. The molecule has 0 amide bonds. The van der Waals surface area contributed by atoms with Gasteiger partial charge < -0.3 is 25.1 Å². The predicted octanol–water partition coefficient (Wildman–Crippen LogP) is 5.02. The van der Waals surface area contributed by atoms with Gasteiger partial charge in [-0.1, -0.05) is 18.2 Å². The van der Waals surface area contributed by atoms with Crippen LogP contribution in [0.3, 0.4) is 0 Å². The Morgan fingerprint density at radius 3 is 2.28 bits per heavy atom. The molecule has 0 unspecified atom stereocenters. The fourth-order valence-corrected chi connectivity index (χ4v) is 4.61. The first-order valence-electron chi connectivity index (χ1n) is 11.7. The fourth-order valence-electron chi connectivity index (χ4n) is 4.61. The van der Waals surface area contributed by atoms with Crippen molar-refractivity contribution in [3.63, 3.8) is 0 Å². The highest BCUT2D eigenvalue weighted by Crippen LogP contribution is 2.52. The molecule has 0 saturated heterocycles. The Morgan fingerprint density at radius 2 is 1.72 bits per heavy atom. The second kappa shape index (κ2) is 10.0. The van der Waals surface area contributed by atoms with Crippen LogP contribution in [0.5, 0.6) is 11.5 Å². The van der Waals surface area contributed by atoms with Gasteiger partial charge in [0.15, 0.2) is 5.54 Å². The van der Waals surface area contributed by atoms with E-state index in [4.69, 9.17) is 34.8 Å². The lowest BCUT2D eigenvalue weighted by atomic mass is 9.79. The number of carboxylic acid groups (broad SMARTS) is 1. The number of aliphatic carboxylic acids is 1. The van der Waals surface area contributed by atoms with Crippen LogP contribution in [0.2, 0.25) is 0 Å². The van der Waals surface area contributed by atoms with Crippen molar-refractivity contribution in [1.29, 1.82) is 0 Å². The Balaban J connectivity index is 0.000000392. The Kier molecular flexibility index (Phi) is 6.73. The molecular weight excluding hydrogens is 522 g/mol. The number of amidine groups is 1. The summed E-state index contributed by atoms with van der Waals surface area (Å²) in [6, 6.07) is 15.2. The van der Waals surface area contributed by atoms with E-state index in [1.54, 1.807) is 12.1 Å². The second-order valence-electron chi connectivity index (χ2n) is 8.82. The van der Waals surface area contributed by atoms with Gasteiger partial charge in [0, 0.05) is 22.9 Å². The number of carbonyl (C=O) groups is 1. The zero-order valence-electron chi connectivity index (χ0n) is 20.2. The quantitative estimate of drug-likeness (QED) is 0.345. The average molecular weight is 543 g/mol. The standard InChI is InChI=1S/C25H20FN3O3.C2HF3O2/c26-23-18(2-1-9-28-23)17-4-6-22-20(13-17)25(14-31-24(27)29-25)19-12-16(3-5-21(19)32-22)15-7-10-30-11-8-15;3-2(4,5)1(6)7/h1-7,9,12-13H,8,10-11,14H2,(H2,27,29);(H,6,7)/t25-;/m1./s1. The maximum absolute atomic E-state index is 14.4. The van der Waals surface area contributed by atoms with Gasteiger partial charge in [-0.2, -0.15) is 17.6 Å². The van der Waals surface area contributed by atoms with Gasteiger partial charge in [0.2, 0.25) is 5.95 Å². The van der Waals surface area contributed by atoms with Crippen LogP contribution >= 0.6 is 0 Å². The van der Waals surface area contributed by atoms with E-state index < -0.39 is 23.6 Å². The lowest BCUT2D eigenvalue weighted by Gasteiger charge is -2.34. The van der Waals surface area contributed by atoms with Gasteiger partial charge in [0.1, 0.15) is 18.1 Å². The van der Waals surface area contributed by atoms with Gasteiger partial charge in [-0.25, -0.2) is 14.8 Å². The van der Waals surface area contributed by atoms with Crippen LogP contribution in [0, 0.1) is 5.95 Å². The number of hydrogen-bond donors (Lipinski definition) is 2. The molecule has 12 heteroatoms. The van der Waals surface area contributed by atoms with Crippen LogP contribution in [0.1, 0.15) is 23.1 Å². The van der Waals surface area contributed by atoms with Crippen molar-refractivity contribution >= 4 is 17.6 Å². The fraction of sp³-hybridized carbons (Fsp3) is 0.222. The topological polar surface area (TPSA) is 116 Å². The smallest absolute Gasteiger partial charge is 0.475 e. The molecule has 3 N–H and O–H groups in total. The molecular formula is C27H21F4N3O5. The largest absolute Gasteiger partial charge is 0.490 e. The first kappa shape index (κ1) is 26.2. The number of nitrogens with zero attached hydrogens (tertiary/aromatic N) is 2. The van der Waals surface area contributed by atoms with E-state index in [2.05, 4.69) is 23.2 Å². The molecule has 1 spiro atoms. The Morgan fingerprint density at radius 1 is 1.05 bits per heavy atom. The van der Waals surface area contributed by atoms with E-state index in [0.29, 0.717) is 35.8 Å². The summed E-state index contributed by atoms with van der Waals surface area (Å²) in [4.78, 5) is 17.4. The SMILES string of the molecule is NC1=N[C@]2(CO1)c1cc(C3=CCOCC3)ccc1Oc1ccc(-c3cccnc3F)cc12.O=C(O)C(F)(F)F. The first-order chi connectivity index (χ1) is 18.6. The van der Waals surface area contributed by atoms with Crippen molar-refractivity contribution < 1.29 is 41.7 Å². The van der Waals surface area contributed by atoms with E-state index in [1.807, 2.05) is 24.3 Å². The van der Waals surface area contributed by atoms with Crippen LogP contribution in [0.15, 0.2) is 65.8 Å². The Labute approximate surface area is 219 Å². The summed E-state index contributed by atoms with van der Waals surface area (Å²) in [5.74, 6) is -1.94. The van der Waals surface area contributed by atoms with Crippen molar-refractivity contribution in [2.24, 2.45) is 10.7 Å². The number of carboxylic acids is 1. The number of halogens is 4. The monoisotopic (exact) mass is 543 g/mol. The van der Waals surface area contributed by atoms with Gasteiger partial charge in [0.05, 0.1) is 13.2 Å². The zero-order valence-corrected chi connectivity index (χ0v) is 20.2. The molecule has 3 aromatic rings. The third-order valence-corrected chi connectivity index (χ3v) is 6.45. The minimum Gasteiger partial charge on any atom is -0.475 e. The van der Waals surface area contributed by atoms with E-state index in [0.717, 1.165) is 23.1 Å². The second-order valence-corrected chi connectivity index (χ2v) is 8.82. The molecule has 39 heavy (non-hydrogen) atoms. The lowest BCUT2D eigenvalue weighted by Crippen LogP contribution is -2.31. The molecule has 0 aliphatic carbocycles. The number of alkyl halides is 3. The van der Waals surface area contributed by atoms with E-state index in [1.165, 1.54) is 11.8 Å². The van der Waals surface area contributed by atoms with Gasteiger partial charge in [-0.15, -0.1) is 0 Å². The highest BCUT2D eigenvalue weighted by molar-refractivity contribution is 5.79. The minimum absolute atomic E-state index is 0.123. The summed E-state index contributed by atoms with van der Waals surface area (Å²) < 4.78 is 63.5. The highest BCUT2D eigenvalue weighted by atomic mass is 19.4. The number of aliphatic imine (C=N–C) groups is 1. The summed E-state index contributed by atoms with van der Waals surface area (Å²) in [5.41, 5.74) is 10.2. The summed E-state index contributed by atoms with van der Waals surface area (Å²) in [5, 5.41) is 7.12. The molecule has 3 aliphatic rings. The van der Waals surface area contributed by atoms with Crippen LogP contribution in [0.4, 0.5) is 17.6 Å². The van der Waals surface area contributed by atoms with Gasteiger partial charge in [-0.05, 0) is 59.5 Å². The molecule has 8 nitrogen and oxygen atoms in total. The van der Waals surface area contributed by atoms with Crippen LogP contribution < -0.4 is 10.5 Å². The molecule has 1 atom stereocenters. The minimum atomic E-state index is -5.08. The number of nitrogens with two attached hydrogens (primary N) is 1. The van der Waals surface area contributed by atoms with Crippen LogP contribution in [-0.4, -0.2) is 48.1 Å². The van der Waals surface area contributed by atoms with Crippen molar-refractivity contribution in [3.8, 4) is 22.6 Å². The van der Waals surface area contributed by atoms with Crippen molar-refractivity contribution in [3.05, 3.63) is 83.4 Å². The number of pyridine rings is 1. The number of aromatic nitrogens is 1. The van der Waals surface area contributed by atoms with Gasteiger partial charge in [-0.3, -0.25) is 0 Å². The van der Waals surface area contributed by atoms with Crippen molar-refractivity contribution in [2.45, 2.75) is 18.1 Å². The number of ether oxygens (including phenoxy) is 3. The number of hydrogen-bond acceptors (Lipinski definition) is 7. The van der Waals surface area contributed by atoms with E-state index in [-0.39, 0.29) is 12.6 Å². The first-order valence-corrected chi connectivity index (χ1v) is 11.7. The molecule has 0 saturated carbocycles. The van der Waals surface area contributed by atoms with Crippen LogP contribution in [-0.2, 0) is 19.8 Å². The average Bonchev–Trinajstić information content (AvgIpc) is 3.31. The van der Waals surface area contributed by atoms with Crippen LogP contribution in [0.25, 0.3) is 16.7 Å². The zero-order chi connectivity index (χ0) is 27.8. The normalized spacial score (nSPS) is 19.4.